The van der Waals surface area contributed by atoms with E-state index in [1.807, 2.05) is 30.3 Å². The van der Waals surface area contributed by atoms with Crippen molar-refractivity contribution in [3.8, 4) is 11.3 Å². The van der Waals surface area contributed by atoms with Crippen LogP contribution in [0.3, 0.4) is 0 Å². The fourth-order valence-electron chi connectivity index (χ4n) is 2.50. The fourth-order valence-corrected chi connectivity index (χ4v) is 2.50. The lowest BCUT2D eigenvalue weighted by atomic mass is 10.1. The van der Waals surface area contributed by atoms with Gasteiger partial charge in [-0.25, -0.2) is 0 Å². The maximum atomic E-state index is 12.0. The van der Waals surface area contributed by atoms with Gasteiger partial charge in [-0.1, -0.05) is 30.3 Å². The molecule has 0 aliphatic carbocycles. The van der Waals surface area contributed by atoms with Crippen molar-refractivity contribution in [1.82, 2.24) is 5.32 Å². The van der Waals surface area contributed by atoms with E-state index >= 15 is 0 Å². The van der Waals surface area contributed by atoms with Gasteiger partial charge in [0.15, 0.2) is 0 Å². The minimum absolute atomic E-state index is 0.115. The second kappa shape index (κ2) is 7.19. The first-order chi connectivity index (χ1) is 12.0. The van der Waals surface area contributed by atoms with Crippen molar-refractivity contribution in [2.24, 2.45) is 0 Å². The number of aliphatic carboxylic acids is 1. The van der Waals surface area contributed by atoms with Gasteiger partial charge in [-0.2, -0.15) is 0 Å². The molecule has 1 atom stereocenters. The highest BCUT2D eigenvalue weighted by Gasteiger charge is 2.13. The van der Waals surface area contributed by atoms with E-state index in [0.29, 0.717) is 11.3 Å². The molecule has 0 unspecified atom stereocenters. The molecule has 128 valence electrons. The Morgan fingerprint density at radius 2 is 1.80 bits per heavy atom. The number of amides is 1. The molecule has 6 heteroatoms. The van der Waals surface area contributed by atoms with Crippen molar-refractivity contribution in [2.45, 2.75) is 12.5 Å². The van der Waals surface area contributed by atoms with Gasteiger partial charge in [0.25, 0.3) is 5.91 Å². The van der Waals surface area contributed by atoms with Gasteiger partial charge in [0, 0.05) is 23.1 Å². The van der Waals surface area contributed by atoms with Gasteiger partial charge < -0.3 is 19.9 Å². The van der Waals surface area contributed by atoms with E-state index in [-0.39, 0.29) is 12.5 Å². The average Bonchev–Trinajstić information content (AvgIpc) is 3.03. The summed E-state index contributed by atoms with van der Waals surface area (Å²) in [5, 5.41) is 21.6. The number of para-hydroxylation sites is 1. The number of aliphatic hydroxyl groups is 1. The van der Waals surface area contributed by atoms with Crippen LogP contribution in [0, 0.1) is 0 Å². The molecule has 0 saturated heterocycles. The summed E-state index contributed by atoms with van der Waals surface area (Å²) in [4.78, 5) is 22.5. The number of nitrogens with one attached hydrogen (secondary N) is 1. The van der Waals surface area contributed by atoms with E-state index in [9.17, 15) is 14.7 Å². The highest BCUT2D eigenvalue weighted by molar-refractivity contribution is 5.94. The van der Waals surface area contributed by atoms with E-state index in [0.717, 1.165) is 16.5 Å². The Kier molecular flexibility index (Phi) is 4.81. The van der Waals surface area contributed by atoms with Crippen LogP contribution in [0.15, 0.2) is 59.0 Å². The Morgan fingerprint density at radius 3 is 2.48 bits per heavy atom. The van der Waals surface area contributed by atoms with Crippen LogP contribution < -0.4 is 5.32 Å². The van der Waals surface area contributed by atoms with Crippen LogP contribution in [0.25, 0.3) is 22.3 Å². The highest BCUT2D eigenvalue weighted by atomic mass is 16.4. The first-order valence-electron chi connectivity index (χ1n) is 7.80. The first kappa shape index (κ1) is 16.7. The molecule has 2 aromatic carbocycles. The Bertz CT molecular complexity index is 865. The van der Waals surface area contributed by atoms with Gasteiger partial charge in [0.2, 0.25) is 0 Å². The maximum absolute atomic E-state index is 12.0. The number of fused-ring (bicyclic) bond motifs is 1. The molecular weight excluding hydrogens is 322 g/mol. The third kappa shape index (κ3) is 4.05. The zero-order valence-electron chi connectivity index (χ0n) is 13.3. The van der Waals surface area contributed by atoms with Crippen LogP contribution in [0.2, 0.25) is 0 Å². The van der Waals surface area contributed by atoms with Crippen LogP contribution in [0.5, 0.6) is 0 Å². The molecule has 0 saturated carbocycles. The highest BCUT2D eigenvalue weighted by Crippen LogP contribution is 2.27. The Hall–Kier alpha value is -3.12. The quantitative estimate of drug-likeness (QED) is 0.641. The molecule has 1 aromatic heterocycles. The van der Waals surface area contributed by atoms with Crippen LogP contribution in [-0.4, -0.2) is 34.7 Å². The molecule has 1 heterocycles. The molecule has 3 N–H and O–H groups in total. The van der Waals surface area contributed by atoms with Gasteiger partial charge >= 0.3 is 5.97 Å². The van der Waals surface area contributed by atoms with Crippen molar-refractivity contribution in [1.29, 1.82) is 0 Å². The number of hydrogen-bond donors (Lipinski definition) is 3. The number of rotatable bonds is 6. The summed E-state index contributed by atoms with van der Waals surface area (Å²) in [5.41, 5.74) is 2.06. The minimum Gasteiger partial charge on any atom is -0.481 e. The van der Waals surface area contributed by atoms with Crippen LogP contribution >= 0.6 is 0 Å². The standard InChI is InChI=1S/C19H17NO5/c21-15(10-18(22)23)11-20-19(24)13-7-5-12(6-8-13)17-9-14-3-1-2-4-16(14)25-17/h1-9,15,21H,10-11H2,(H,20,24)(H,22,23)/t15-/m0/s1. The summed E-state index contributed by atoms with van der Waals surface area (Å²) >= 11 is 0. The number of hydrogen-bond acceptors (Lipinski definition) is 4. The third-order valence-electron chi connectivity index (χ3n) is 3.77. The molecule has 0 aliphatic rings. The number of carbonyl (C=O) groups is 2. The maximum Gasteiger partial charge on any atom is 0.306 e. The lowest BCUT2D eigenvalue weighted by Gasteiger charge is -2.09. The lowest BCUT2D eigenvalue weighted by Crippen LogP contribution is -2.33. The van der Waals surface area contributed by atoms with Gasteiger partial charge in [-0.15, -0.1) is 0 Å². The number of carbonyl (C=O) groups excluding carboxylic acids is 1. The lowest BCUT2D eigenvalue weighted by molar-refractivity contribution is -0.139. The SMILES string of the molecule is O=C(O)C[C@H](O)CNC(=O)c1ccc(-c2cc3ccccc3o2)cc1. The monoisotopic (exact) mass is 339 g/mol. The van der Waals surface area contributed by atoms with Gasteiger partial charge in [-0.3, -0.25) is 9.59 Å². The molecular formula is C19H17NO5. The van der Waals surface area contributed by atoms with E-state index < -0.39 is 18.5 Å². The van der Waals surface area contributed by atoms with E-state index in [2.05, 4.69) is 5.32 Å². The third-order valence-corrected chi connectivity index (χ3v) is 3.77. The summed E-state index contributed by atoms with van der Waals surface area (Å²) in [5.74, 6) is -0.775. The number of carboxylic acids is 1. The second-order valence-corrected chi connectivity index (χ2v) is 5.69. The van der Waals surface area contributed by atoms with Crippen LogP contribution in [0.1, 0.15) is 16.8 Å². The normalized spacial score (nSPS) is 12.0. The summed E-state index contributed by atoms with van der Waals surface area (Å²) in [6, 6.07) is 16.5. The summed E-state index contributed by atoms with van der Waals surface area (Å²) < 4.78 is 5.78. The largest absolute Gasteiger partial charge is 0.481 e. The molecule has 0 aliphatic heterocycles. The zero-order chi connectivity index (χ0) is 17.8. The molecule has 3 rings (SSSR count). The minimum atomic E-state index is -1.11. The van der Waals surface area contributed by atoms with Crippen molar-refractivity contribution >= 4 is 22.8 Å². The smallest absolute Gasteiger partial charge is 0.306 e. The summed E-state index contributed by atoms with van der Waals surface area (Å²) in [7, 11) is 0. The van der Waals surface area contributed by atoms with E-state index in [1.54, 1.807) is 24.3 Å². The predicted octanol–water partition coefficient (Wildman–Crippen LogP) is 2.67. The molecule has 3 aromatic rings. The van der Waals surface area contributed by atoms with E-state index in [4.69, 9.17) is 9.52 Å². The van der Waals surface area contributed by atoms with Crippen molar-refractivity contribution in [3.63, 3.8) is 0 Å². The number of benzene rings is 2. The van der Waals surface area contributed by atoms with E-state index in [1.165, 1.54) is 0 Å². The topological polar surface area (TPSA) is 99.8 Å². The number of furan rings is 1. The second-order valence-electron chi connectivity index (χ2n) is 5.69. The van der Waals surface area contributed by atoms with Gasteiger partial charge in [0.1, 0.15) is 11.3 Å². The number of carboxylic acid groups (broad SMARTS) is 1. The molecule has 0 bridgehead atoms. The van der Waals surface area contributed by atoms with Crippen LogP contribution in [0.4, 0.5) is 0 Å². The zero-order valence-corrected chi connectivity index (χ0v) is 13.3. The van der Waals surface area contributed by atoms with Crippen molar-refractivity contribution in [2.75, 3.05) is 6.54 Å². The summed E-state index contributed by atoms with van der Waals surface area (Å²) in [6.45, 7) is -0.115. The molecule has 0 radical (unpaired) electrons. The van der Waals surface area contributed by atoms with Gasteiger partial charge in [-0.05, 0) is 24.3 Å². The summed E-state index contributed by atoms with van der Waals surface area (Å²) in [6.07, 6.45) is -1.53. The Balaban J connectivity index is 1.67. The molecule has 25 heavy (non-hydrogen) atoms. The van der Waals surface area contributed by atoms with Gasteiger partial charge in [0.05, 0.1) is 12.5 Å². The first-order valence-corrected chi connectivity index (χ1v) is 7.80. The molecule has 0 spiro atoms. The van der Waals surface area contributed by atoms with Crippen LogP contribution in [-0.2, 0) is 4.79 Å². The molecule has 1 amide bonds. The Labute approximate surface area is 143 Å². The van der Waals surface area contributed by atoms with Crippen molar-refractivity contribution < 1.29 is 24.2 Å². The van der Waals surface area contributed by atoms with Crippen molar-refractivity contribution in [3.05, 3.63) is 60.2 Å². The fraction of sp³-hybridized carbons (Fsp3) is 0.158. The average molecular weight is 339 g/mol. The predicted molar refractivity (Wildman–Crippen MR) is 92.2 cm³/mol. The molecule has 0 fully saturated rings. The number of aliphatic hydroxyl groups excluding tert-OH is 1. The Morgan fingerprint density at radius 1 is 1.08 bits per heavy atom. The molecule has 6 nitrogen and oxygen atoms in total.